The Balaban J connectivity index is 1.90. The van der Waals surface area contributed by atoms with Crippen LogP contribution in [0.3, 0.4) is 0 Å². The lowest BCUT2D eigenvalue weighted by Crippen LogP contribution is -2.25. The first-order valence-corrected chi connectivity index (χ1v) is 7.37. The summed E-state index contributed by atoms with van der Waals surface area (Å²) in [4.78, 5) is 13.3. The molecular weight excluding hydrogens is 236 g/mol. The van der Waals surface area contributed by atoms with Crippen LogP contribution in [-0.4, -0.2) is 19.0 Å². The number of hydrogen-bond acceptors (Lipinski definition) is 2. The monoisotopic (exact) mass is 260 g/mol. The largest absolute Gasteiger partial charge is 0.385 e. The lowest BCUT2D eigenvalue weighted by Gasteiger charge is -2.15. The van der Waals surface area contributed by atoms with Gasteiger partial charge in [-0.2, -0.15) is 0 Å². The van der Waals surface area contributed by atoms with Gasteiger partial charge in [-0.15, -0.1) is 0 Å². The molecule has 2 rings (SSSR count). The van der Waals surface area contributed by atoms with Crippen molar-refractivity contribution in [1.29, 1.82) is 0 Å². The topological polar surface area (TPSA) is 32.3 Å². The number of rotatable bonds is 6. The summed E-state index contributed by atoms with van der Waals surface area (Å²) in [5, 5.41) is 3.47. The first kappa shape index (κ1) is 13.9. The molecular formula is C16H24N2O. The molecule has 1 aromatic carbocycles. The maximum absolute atomic E-state index is 11.5. The molecule has 0 aliphatic carbocycles. The SMILES string of the molecule is CCCCCCNc1ccc2c(c1)CCN2C(C)=O. The van der Waals surface area contributed by atoms with Crippen LogP contribution in [0.25, 0.3) is 0 Å². The van der Waals surface area contributed by atoms with Gasteiger partial charge in [0.15, 0.2) is 0 Å². The van der Waals surface area contributed by atoms with E-state index < -0.39 is 0 Å². The molecule has 0 radical (unpaired) electrons. The van der Waals surface area contributed by atoms with Gasteiger partial charge in [0.25, 0.3) is 0 Å². The van der Waals surface area contributed by atoms with E-state index >= 15 is 0 Å². The molecule has 0 atom stereocenters. The Labute approximate surface area is 116 Å². The van der Waals surface area contributed by atoms with Crippen molar-refractivity contribution in [3.63, 3.8) is 0 Å². The molecule has 19 heavy (non-hydrogen) atoms. The van der Waals surface area contributed by atoms with E-state index in [-0.39, 0.29) is 5.91 Å². The number of nitrogens with zero attached hydrogens (tertiary/aromatic N) is 1. The number of unbranched alkanes of at least 4 members (excludes halogenated alkanes) is 3. The van der Waals surface area contributed by atoms with E-state index in [4.69, 9.17) is 0 Å². The molecule has 3 heteroatoms. The number of fused-ring (bicyclic) bond motifs is 1. The third kappa shape index (κ3) is 3.49. The molecule has 3 nitrogen and oxygen atoms in total. The third-order valence-electron chi connectivity index (χ3n) is 3.71. The van der Waals surface area contributed by atoms with Gasteiger partial charge in [0.1, 0.15) is 0 Å². The molecule has 0 aromatic heterocycles. The molecule has 1 aromatic rings. The number of anilines is 2. The minimum atomic E-state index is 0.138. The molecule has 0 bridgehead atoms. The van der Waals surface area contributed by atoms with Gasteiger partial charge in [0.05, 0.1) is 0 Å². The molecule has 0 unspecified atom stereocenters. The highest BCUT2D eigenvalue weighted by Gasteiger charge is 2.21. The van der Waals surface area contributed by atoms with Crippen molar-refractivity contribution < 1.29 is 4.79 Å². The van der Waals surface area contributed by atoms with Crippen LogP contribution in [0, 0.1) is 0 Å². The number of nitrogens with one attached hydrogen (secondary N) is 1. The van der Waals surface area contributed by atoms with Gasteiger partial charge in [-0.3, -0.25) is 4.79 Å². The molecule has 1 heterocycles. The van der Waals surface area contributed by atoms with Gasteiger partial charge in [-0.25, -0.2) is 0 Å². The fourth-order valence-corrected chi connectivity index (χ4v) is 2.62. The fraction of sp³-hybridized carbons (Fsp3) is 0.562. The zero-order valence-corrected chi connectivity index (χ0v) is 12.0. The second kappa shape index (κ2) is 6.60. The van der Waals surface area contributed by atoms with Gasteiger partial charge < -0.3 is 10.2 Å². The van der Waals surface area contributed by atoms with Crippen LogP contribution in [0.1, 0.15) is 45.1 Å². The zero-order valence-electron chi connectivity index (χ0n) is 12.0. The highest BCUT2D eigenvalue weighted by molar-refractivity contribution is 5.94. The van der Waals surface area contributed by atoms with Gasteiger partial charge >= 0.3 is 0 Å². The van der Waals surface area contributed by atoms with Crippen LogP contribution in [0.4, 0.5) is 11.4 Å². The summed E-state index contributed by atoms with van der Waals surface area (Å²) < 4.78 is 0. The van der Waals surface area contributed by atoms with Gasteiger partial charge in [-0.1, -0.05) is 26.2 Å². The van der Waals surface area contributed by atoms with E-state index in [2.05, 4.69) is 30.4 Å². The summed E-state index contributed by atoms with van der Waals surface area (Å²) in [6.45, 7) is 5.73. The smallest absolute Gasteiger partial charge is 0.223 e. The Morgan fingerprint density at radius 2 is 2.16 bits per heavy atom. The highest BCUT2D eigenvalue weighted by atomic mass is 16.2. The van der Waals surface area contributed by atoms with E-state index in [1.54, 1.807) is 6.92 Å². The average Bonchev–Trinajstić information content (AvgIpc) is 2.81. The quantitative estimate of drug-likeness (QED) is 0.793. The van der Waals surface area contributed by atoms with Crippen molar-refractivity contribution in [1.82, 2.24) is 0 Å². The summed E-state index contributed by atoms with van der Waals surface area (Å²) in [6.07, 6.45) is 6.09. The normalized spacial score (nSPS) is 13.5. The molecule has 0 spiro atoms. The predicted octanol–water partition coefficient (Wildman–Crippen LogP) is 3.59. The van der Waals surface area contributed by atoms with Crippen LogP contribution >= 0.6 is 0 Å². The van der Waals surface area contributed by atoms with Gasteiger partial charge in [0.2, 0.25) is 5.91 Å². The maximum Gasteiger partial charge on any atom is 0.223 e. The number of benzene rings is 1. The molecule has 104 valence electrons. The van der Waals surface area contributed by atoms with E-state index in [1.165, 1.54) is 36.9 Å². The molecule has 1 N–H and O–H groups in total. The lowest BCUT2D eigenvalue weighted by atomic mass is 10.1. The summed E-state index contributed by atoms with van der Waals surface area (Å²) in [5.74, 6) is 0.138. The summed E-state index contributed by atoms with van der Waals surface area (Å²) >= 11 is 0. The number of carbonyl (C=O) groups is 1. The minimum absolute atomic E-state index is 0.138. The number of carbonyl (C=O) groups excluding carboxylic acids is 1. The Kier molecular flexibility index (Phi) is 4.83. The average molecular weight is 260 g/mol. The van der Waals surface area contributed by atoms with Gasteiger partial charge in [-0.05, 0) is 36.6 Å². The highest BCUT2D eigenvalue weighted by Crippen LogP contribution is 2.30. The van der Waals surface area contributed by atoms with Crippen LogP contribution < -0.4 is 10.2 Å². The Morgan fingerprint density at radius 1 is 1.32 bits per heavy atom. The van der Waals surface area contributed by atoms with Crippen molar-refractivity contribution in [2.75, 3.05) is 23.3 Å². The summed E-state index contributed by atoms with van der Waals surface area (Å²) in [7, 11) is 0. The van der Waals surface area contributed by atoms with Crippen molar-refractivity contribution in [2.24, 2.45) is 0 Å². The molecule has 0 fully saturated rings. The predicted molar refractivity (Wildman–Crippen MR) is 80.8 cm³/mol. The fourth-order valence-electron chi connectivity index (χ4n) is 2.62. The van der Waals surface area contributed by atoms with Crippen LogP contribution in [-0.2, 0) is 11.2 Å². The van der Waals surface area contributed by atoms with E-state index in [1.807, 2.05) is 4.90 Å². The molecule has 1 amide bonds. The van der Waals surface area contributed by atoms with Crippen LogP contribution in [0.15, 0.2) is 18.2 Å². The lowest BCUT2D eigenvalue weighted by molar-refractivity contribution is -0.116. The first-order valence-electron chi connectivity index (χ1n) is 7.37. The standard InChI is InChI=1S/C16H24N2O/c1-3-4-5-6-10-17-15-7-8-16-14(12-15)9-11-18(16)13(2)19/h7-8,12,17H,3-6,9-11H2,1-2H3. The van der Waals surface area contributed by atoms with E-state index in [0.717, 1.165) is 25.2 Å². The molecule has 0 saturated heterocycles. The van der Waals surface area contributed by atoms with Crippen molar-refractivity contribution in [3.05, 3.63) is 23.8 Å². The van der Waals surface area contributed by atoms with Crippen LogP contribution in [0.5, 0.6) is 0 Å². The second-order valence-corrected chi connectivity index (χ2v) is 5.25. The zero-order chi connectivity index (χ0) is 13.7. The first-order chi connectivity index (χ1) is 9.22. The second-order valence-electron chi connectivity index (χ2n) is 5.25. The third-order valence-corrected chi connectivity index (χ3v) is 3.71. The molecule has 0 saturated carbocycles. The Hall–Kier alpha value is -1.51. The van der Waals surface area contributed by atoms with Crippen molar-refractivity contribution in [2.45, 2.75) is 46.0 Å². The number of hydrogen-bond donors (Lipinski definition) is 1. The summed E-state index contributed by atoms with van der Waals surface area (Å²) in [5.41, 5.74) is 3.55. The summed E-state index contributed by atoms with van der Waals surface area (Å²) in [6, 6.07) is 6.34. The molecule has 1 aliphatic heterocycles. The number of amides is 1. The Morgan fingerprint density at radius 3 is 2.89 bits per heavy atom. The van der Waals surface area contributed by atoms with Gasteiger partial charge in [0, 0.05) is 31.4 Å². The van der Waals surface area contributed by atoms with E-state index in [9.17, 15) is 4.79 Å². The van der Waals surface area contributed by atoms with Crippen molar-refractivity contribution in [3.8, 4) is 0 Å². The maximum atomic E-state index is 11.5. The minimum Gasteiger partial charge on any atom is -0.385 e. The van der Waals surface area contributed by atoms with Crippen LogP contribution in [0.2, 0.25) is 0 Å². The Bertz CT molecular complexity index is 442. The van der Waals surface area contributed by atoms with E-state index in [0.29, 0.717) is 0 Å². The molecule has 1 aliphatic rings. The van der Waals surface area contributed by atoms with Crippen molar-refractivity contribution >= 4 is 17.3 Å².